The van der Waals surface area contributed by atoms with Crippen molar-refractivity contribution in [1.29, 1.82) is 0 Å². The van der Waals surface area contributed by atoms with Crippen LogP contribution in [0.5, 0.6) is 0 Å². The van der Waals surface area contributed by atoms with E-state index < -0.39 is 0 Å². The van der Waals surface area contributed by atoms with Crippen molar-refractivity contribution < 1.29 is 4.74 Å². The molecule has 1 spiro atoms. The van der Waals surface area contributed by atoms with Gasteiger partial charge in [-0.15, -0.1) is 0 Å². The molecule has 0 amide bonds. The molecule has 0 radical (unpaired) electrons. The van der Waals surface area contributed by atoms with Gasteiger partial charge in [0, 0.05) is 37.9 Å². The summed E-state index contributed by atoms with van der Waals surface area (Å²) >= 11 is 0. The maximum atomic E-state index is 5.26. The fourth-order valence-corrected chi connectivity index (χ4v) is 3.88. The number of nitrogens with zero attached hydrogens (tertiary/aromatic N) is 1. The van der Waals surface area contributed by atoms with Gasteiger partial charge in [-0.05, 0) is 46.1 Å². The lowest BCUT2D eigenvalue weighted by Crippen LogP contribution is -2.55. The Labute approximate surface area is 119 Å². The SMILES string of the molecule is COCCC(C)N1CC2(CCCCC2)NCCC1C. The highest BCUT2D eigenvalue weighted by molar-refractivity contribution is 4.97. The molecule has 0 aromatic heterocycles. The van der Waals surface area contributed by atoms with Crippen LogP contribution < -0.4 is 5.32 Å². The third kappa shape index (κ3) is 3.93. The molecule has 0 bridgehead atoms. The summed E-state index contributed by atoms with van der Waals surface area (Å²) in [5, 5.41) is 3.90. The normalized spacial score (nSPS) is 30.2. The summed E-state index contributed by atoms with van der Waals surface area (Å²) in [4.78, 5) is 2.74. The maximum Gasteiger partial charge on any atom is 0.0477 e. The van der Waals surface area contributed by atoms with Crippen LogP contribution in [0.4, 0.5) is 0 Å². The first-order valence-corrected chi connectivity index (χ1v) is 8.16. The molecule has 2 atom stereocenters. The average Bonchev–Trinajstić information content (AvgIpc) is 2.57. The summed E-state index contributed by atoms with van der Waals surface area (Å²) in [7, 11) is 1.81. The average molecular weight is 268 g/mol. The first kappa shape index (κ1) is 15.3. The van der Waals surface area contributed by atoms with E-state index in [-0.39, 0.29) is 0 Å². The maximum absolute atomic E-state index is 5.26. The monoisotopic (exact) mass is 268 g/mol. The van der Waals surface area contributed by atoms with Gasteiger partial charge in [0.1, 0.15) is 0 Å². The van der Waals surface area contributed by atoms with Gasteiger partial charge in [-0.3, -0.25) is 4.90 Å². The van der Waals surface area contributed by atoms with Gasteiger partial charge < -0.3 is 10.1 Å². The zero-order chi connectivity index (χ0) is 13.7. The highest BCUT2D eigenvalue weighted by atomic mass is 16.5. The van der Waals surface area contributed by atoms with Crippen molar-refractivity contribution in [3.8, 4) is 0 Å². The number of nitrogens with one attached hydrogen (secondary N) is 1. The van der Waals surface area contributed by atoms with Gasteiger partial charge in [0.15, 0.2) is 0 Å². The fraction of sp³-hybridized carbons (Fsp3) is 1.00. The summed E-state index contributed by atoms with van der Waals surface area (Å²) in [6.07, 6.45) is 9.40. The van der Waals surface area contributed by atoms with Crippen LogP contribution in [0, 0.1) is 0 Å². The zero-order valence-corrected chi connectivity index (χ0v) is 13.1. The molecule has 1 heterocycles. The number of hydrogen-bond acceptors (Lipinski definition) is 3. The Morgan fingerprint density at radius 1 is 1.32 bits per heavy atom. The van der Waals surface area contributed by atoms with Gasteiger partial charge in [-0.25, -0.2) is 0 Å². The van der Waals surface area contributed by atoms with E-state index in [1.165, 1.54) is 51.6 Å². The van der Waals surface area contributed by atoms with Gasteiger partial charge in [0.2, 0.25) is 0 Å². The van der Waals surface area contributed by atoms with Gasteiger partial charge in [-0.1, -0.05) is 19.3 Å². The van der Waals surface area contributed by atoms with Crippen molar-refractivity contribution >= 4 is 0 Å². The molecule has 1 saturated carbocycles. The van der Waals surface area contributed by atoms with Crippen molar-refractivity contribution in [3.05, 3.63) is 0 Å². The van der Waals surface area contributed by atoms with Crippen LogP contribution >= 0.6 is 0 Å². The quantitative estimate of drug-likeness (QED) is 0.848. The lowest BCUT2D eigenvalue weighted by atomic mass is 9.81. The van der Waals surface area contributed by atoms with E-state index in [4.69, 9.17) is 4.74 Å². The molecule has 3 nitrogen and oxygen atoms in total. The number of rotatable bonds is 4. The van der Waals surface area contributed by atoms with E-state index >= 15 is 0 Å². The summed E-state index contributed by atoms with van der Waals surface area (Å²) in [6.45, 7) is 8.07. The molecule has 1 aliphatic carbocycles. The summed E-state index contributed by atoms with van der Waals surface area (Å²) in [5.41, 5.74) is 0.407. The topological polar surface area (TPSA) is 24.5 Å². The highest BCUT2D eigenvalue weighted by Gasteiger charge is 2.37. The molecule has 1 aliphatic heterocycles. The van der Waals surface area contributed by atoms with Crippen molar-refractivity contribution in [3.63, 3.8) is 0 Å². The minimum Gasteiger partial charge on any atom is -0.385 e. The molecule has 2 unspecified atom stereocenters. The molecule has 1 N–H and O–H groups in total. The van der Waals surface area contributed by atoms with E-state index in [0.717, 1.165) is 13.0 Å². The smallest absolute Gasteiger partial charge is 0.0477 e. The van der Waals surface area contributed by atoms with Crippen LogP contribution in [-0.2, 0) is 4.74 Å². The zero-order valence-electron chi connectivity index (χ0n) is 13.1. The second-order valence-corrected chi connectivity index (χ2v) is 6.71. The molecule has 2 rings (SSSR count). The van der Waals surface area contributed by atoms with Crippen LogP contribution in [0.2, 0.25) is 0 Å². The second kappa shape index (κ2) is 7.05. The standard InChI is InChI=1S/C16H32N2O/c1-14-7-11-17-16(9-5-4-6-10-16)13-18(14)15(2)8-12-19-3/h14-15,17H,4-13H2,1-3H3. The van der Waals surface area contributed by atoms with Crippen molar-refractivity contribution in [2.75, 3.05) is 26.8 Å². The first-order valence-electron chi connectivity index (χ1n) is 8.16. The van der Waals surface area contributed by atoms with E-state index in [0.29, 0.717) is 17.6 Å². The Balaban J connectivity index is 2.01. The molecule has 0 aromatic carbocycles. The van der Waals surface area contributed by atoms with Crippen LogP contribution in [0.1, 0.15) is 58.8 Å². The molecule has 1 saturated heterocycles. The Hall–Kier alpha value is -0.120. The number of ether oxygens (including phenoxy) is 1. The van der Waals surface area contributed by atoms with Crippen molar-refractivity contribution in [2.24, 2.45) is 0 Å². The van der Waals surface area contributed by atoms with Gasteiger partial charge >= 0.3 is 0 Å². The van der Waals surface area contributed by atoms with Gasteiger partial charge in [-0.2, -0.15) is 0 Å². The molecule has 3 heteroatoms. The molecule has 2 fully saturated rings. The highest BCUT2D eigenvalue weighted by Crippen LogP contribution is 2.32. The third-order valence-electron chi connectivity index (χ3n) is 5.23. The van der Waals surface area contributed by atoms with Gasteiger partial charge in [0.25, 0.3) is 0 Å². The van der Waals surface area contributed by atoms with E-state index in [1.807, 2.05) is 7.11 Å². The lowest BCUT2D eigenvalue weighted by Gasteiger charge is -2.43. The van der Waals surface area contributed by atoms with Gasteiger partial charge in [0.05, 0.1) is 0 Å². The summed E-state index contributed by atoms with van der Waals surface area (Å²) in [5.74, 6) is 0. The Kier molecular flexibility index (Phi) is 5.67. The van der Waals surface area contributed by atoms with Crippen molar-refractivity contribution in [1.82, 2.24) is 10.2 Å². The third-order valence-corrected chi connectivity index (χ3v) is 5.23. The van der Waals surface area contributed by atoms with E-state index in [9.17, 15) is 0 Å². The van der Waals surface area contributed by atoms with Crippen LogP contribution in [0.25, 0.3) is 0 Å². The van der Waals surface area contributed by atoms with Crippen LogP contribution in [-0.4, -0.2) is 49.3 Å². The molecular weight excluding hydrogens is 236 g/mol. The van der Waals surface area contributed by atoms with E-state index in [2.05, 4.69) is 24.1 Å². The van der Waals surface area contributed by atoms with Crippen LogP contribution in [0.3, 0.4) is 0 Å². The Bertz CT molecular complexity index is 263. The largest absolute Gasteiger partial charge is 0.385 e. The second-order valence-electron chi connectivity index (χ2n) is 6.71. The molecule has 0 aromatic rings. The van der Waals surface area contributed by atoms with Crippen LogP contribution in [0.15, 0.2) is 0 Å². The Morgan fingerprint density at radius 2 is 2.05 bits per heavy atom. The predicted molar refractivity (Wildman–Crippen MR) is 80.6 cm³/mol. The molecular formula is C16H32N2O. The molecule has 112 valence electrons. The van der Waals surface area contributed by atoms with Crippen molar-refractivity contribution in [2.45, 2.75) is 76.4 Å². The fourth-order valence-electron chi connectivity index (χ4n) is 3.88. The summed E-state index contributed by atoms with van der Waals surface area (Å²) < 4.78 is 5.26. The van der Waals surface area contributed by atoms with E-state index in [1.54, 1.807) is 0 Å². The molecule has 2 aliphatic rings. The predicted octanol–water partition coefficient (Wildman–Crippen LogP) is 2.80. The lowest BCUT2D eigenvalue weighted by molar-refractivity contribution is 0.0803. The molecule has 19 heavy (non-hydrogen) atoms. The minimum atomic E-state index is 0.407. The summed E-state index contributed by atoms with van der Waals surface area (Å²) in [6, 6.07) is 1.33. The first-order chi connectivity index (χ1) is 9.17. The number of methoxy groups -OCH3 is 1. The number of hydrogen-bond donors (Lipinski definition) is 1. The minimum absolute atomic E-state index is 0.407. The Morgan fingerprint density at radius 3 is 2.74 bits per heavy atom.